The third kappa shape index (κ3) is 5.88. The molecular weight excluding hydrogens is 470 g/mol. The summed E-state index contributed by atoms with van der Waals surface area (Å²) in [4.78, 5) is 28.0. The van der Waals surface area contributed by atoms with E-state index < -0.39 is 16.0 Å². The second kappa shape index (κ2) is 10.2. The molecule has 0 radical (unpaired) electrons. The van der Waals surface area contributed by atoms with Gasteiger partial charge in [-0.2, -0.15) is 0 Å². The number of carbonyl (C=O) groups is 2. The van der Waals surface area contributed by atoms with Crippen LogP contribution < -0.4 is 10.0 Å². The smallest absolute Gasteiger partial charge is 0.303 e. The molecule has 1 aromatic carbocycles. The van der Waals surface area contributed by atoms with E-state index in [1.54, 1.807) is 7.05 Å². The molecule has 4 rings (SSSR count). The Morgan fingerprint density at radius 1 is 1.17 bits per heavy atom. The van der Waals surface area contributed by atoms with Crippen molar-refractivity contribution in [2.75, 3.05) is 13.6 Å². The maximum atomic E-state index is 12.8. The molecule has 0 bridgehead atoms. The van der Waals surface area contributed by atoms with Crippen LogP contribution in [-0.4, -0.2) is 44.0 Å². The molecule has 1 aliphatic carbocycles. The summed E-state index contributed by atoms with van der Waals surface area (Å²) in [5.41, 5.74) is 3.63. The minimum Gasteiger partial charge on any atom is -0.481 e. The van der Waals surface area contributed by atoms with Gasteiger partial charge in [-0.1, -0.05) is 29.8 Å². The van der Waals surface area contributed by atoms with Gasteiger partial charge in [0.25, 0.3) is 5.91 Å². The highest BCUT2D eigenvalue weighted by Gasteiger charge is 2.31. The Hall–Kier alpha value is -3.24. The third-order valence-electron chi connectivity index (χ3n) is 6.05. The van der Waals surface area contributed by atoms with Gasteiger partial charge in [0.05, 0.1) is 16.6 Å². The topological polar surface area (TPSA) is 139 Å². The van der Waals surface area contributed by atoms with Crippen LogP contribution >= 0.6 is 0 Å². The molecule has 0 atom stereocenters. The maximum absolute atomic E-state index is 12.8. The number of nitrogens with zero attached hydrogens (tertiary/aromatic N) is 1. The first-order valence-electron chi connectivity index (χ1n) is 11.6. The molecule has 2 aromatic heterocycles. The van der Waals surface area contributed by atoms with Crippen molar-refractivity contribution in [3.8, 4) is 11.3 Å². The van der Waals surface area contributed by atoms with E-state index >= 15 is 0 Å². The average molecular weight is 500 g/mol. The van der Waals surface area contributed by atoms with Crippen molar-refractivity contribution in [1.82, 2.24) is 15.0 Å². The van der Waals surface area contributed by atoms with Crippen LogP contribution in [0.2, 0.25) is 0 Å². The van der Waals surface area contributed by atoms with Crippen molar-refractivity contribution in [3.05, 3.63) is 52.7 Å². The van der Waals surface area contributed by atoms with Gasteiger partial charge in [-0.3, -0.25) is 9.59 Å². The third-order valence-corrected chi connectivity index (χ3v) is 7.34. The van der Waals surface area contributed by atoms with E-state index in [1.807, 2.05) is 37.3 Å². The summed E-state index contributed by atoms with van der Waals surface area (Å²) < 4.78 is 34.1. The largest absolute Gasteiger partial charge is 0.481 e. The van der Waals surface area contributed by atoms with Crippen LogP contribution in [0.4, 0.5) is 0 Å². The first-order valence-corrected chi connectivity index (χ1v) is 13.3. The van der Waals surface area contributed by atoms with Gasteiger partial charge in [-0.25, -0.2) is 18.1 Å². The van der Waals surface area contributed by atoms with Crippen molar-refractivity contribution in [1.29, 1.82) is 0 Å². The van der Waals surface area contributed by atoms with E-state index in [-0.39, 0.29) is 36.3 Å². The molecule has 1 saturated carbocycles. The van der Waals surface area contributed by atoms with Crippen molar-refractivity contribution in [3.63, 3.8) is 0 Å². The number of sulfonamides is 1. The number of aliphatic carboxylic acids is 1. The molecule has 3 N–H and O–H groups in total. The molecule has 0 aliphatic heterocycles. The number of amides is 1. The van der Waals surface area contributed by atoms with Gasteiger partial charge < -0.3 is 14.8 Å². The Bertz CT molecular complexity index is 1360. The van der Waals surface area contributed by atoms with Gasteiger partial charge >= 0.3 is 5.97 Å². The lowest BCUT2D eigenvalue weighted by molar-refractivity contribution is -0.137. The maximum Gasteiger partial charge on any atom is 0.303 e. The van der Waals surface area contributed by atoms with Crippen molar-refractivity contribution in [2.24, 2.45) is 0 Å². The van der Waals surface area contributed by atoms with Crippen molar-refractivity contribution < 1.29 is 27.5 Å². The van der Waals surface area contributed by atoms with Gasteiger partial charge in [0.15, 0.2) is 0 Å². The summed E-state index contributed by atoms with van der Waals surface area (Å²) in [5.74, 6) is -0.929. The Morgan fingerprint density at radius 2 is 1.89 bits per heavy atom. The Balaban J connectivity index is 1.68. The zero-order chi connectivity index (χ0) is 25.2. The number of unbranched alkanes of at least 4 members (excludes halogenated alkanes) is 1. The average Bonchev–Trinajstić information content (AvgIpc) is 3.58. The molecule has 10 heteroatoms. The van der Waals surface area contributed by atoms with Crippen LogP contribution in [0.15, 0.2) is 34.7 Å². The van der Waals surface area contributed by atoms with Gasteiger partial charge in [-0.15, -0.1) is 0 Å². The highest BCUT2D eigenvalue weighted by molar-refractivity contribution is 7.88. The number of nitrogens with one attached hydrogen (secondary N) is 2. The number of carboxylic acid groups (broad SMARTS) is 1. The SMILES string of the molecule is CNC(=O)c1c(-c2ccc(C)cc2)oc2nc(CS(=O)(=O)NCCCCC(=O)O)c(C3CC3)cc12. The van der Waals surface area contributed by atoms with E-state index in [4.69, 9.17) is 9.52 Å². The zero-order valence-corrected chi connectivity index (χ0v) is 20.6. The number of carbonyl (C=O) groups excluding carboxylic acids is 1. The summed E-state index contributed by atoms with van der Waals surface area (Å²) in [6, 6.07) is 9.46. The summed E-state index contributed by atoms with van der Waals surface area (Å²) in [6.45, 7) is 2.13. The number of benzene rings is 1. The van der Waals surface area contributed by atoms with Crippen LogP contribution in [0.5, 0.6) is 0 Å². The number of fused-ring (bicyclic) bond motifs is 1. The molecule has 3 aromatic rings. The van der Waals surface area contributed by atoms with E-state index in [9.17, 15) is 18.0 Å². The molecule has 0 unspecified atom stereocenters. The Kier molecular flexibility index (Phi) is 7.23. The lowest BCUT2D eigenvalue weighted by Gasteiger charge is -2.10. The van der Waals surface area contributed by atoms with Gasteiger partial charge in [-0.05, 0) is 50.2 Å². The predicted octanol–water partition coefficient (Wildman–Crippen LogP) is 3.71. The Morgan fingerprint density at radius 3 is 2.51 bits per heavy atom. The molecule has 1 amide bonds. The van der Waals surface area contributed by atoms with Crippen LogP contribution in [0.3, 0.4) is 0 Å². The molecular formula is C25H29N3O6S. The molecule has 2 heterocycles. The van der Waals surface area contributed by atoms with E-state index in [1.165, 1.54) is 0 Å². The molecule has 0 saturated heterocycles. The van der Waals surface area contributed by atoms with Gasteiger partial charge in [0.1, 0.15) is 11.5 Å². The number of hydrogen-bond donors (Lipinski definition) is 3. The number of rotatable bonds is 11. The van der Waals surface area contributed by atoms with E-state index in [0.717, 1.165) is 29.5 Å². The molecule has 1 aliphatic rings. The Labute approximate surface area is 204 Å². The van der Waals surface area contributed by atoms with Crippen molar-refractivity contribution in [2.45, 2.75) is 50.7 Å². The first kappa shape index (κ1) is 24.9. The number of aromatic nitrogens is 1. The highest BCUT2D eigenvalue weighted by Crippen LogP contribution is 2.44. The number of furan rings is 1. The predicted molar refractivity (Wildman–Crippen MR) is 132 cm³/mol. The molecule has 35 heavy (non-hydrogen) atoms. The molecule has 186 valence electrons. The molecule has 9 nitrogen and oxygen atoms in total. The zero-order valence-electron chi connectivity index (χ0n) is 19.8. The minimum absolute atomic E-state index is 0.00125. The van der Waals surface area contributed by atoms with Gasteiger partial charge in [0.2, 0.25) is 15.7 Å². The summed E-state index contributed by atoms with van der Waals surface area (Å²) in [6.07, 6.45) is 2.69. The van der Waals surface area contributed by atoms with Crippen LogP contribution in [0.1, 0.15) is 65.2 Å². The molecule has 1 fully saturated rings. The summed E-state index contributed by atoms with van der Waals surface area (Å²) >= 11 is 0. The fourth-order valence-corrected chi connectivity index (χ4v) is 5.21. The second-order valence-electron chi connectivity index (χ2n) is 8.91. The van der Waals surface area contributed by atoms with Crippen LogP contribution in [-0.2, 0) is 20.6 Å². The quantitative estimate of drug-likeness (QED) is 0.342. The summed E-state index contributed by atoms with van der Waals surface area (Å²) in [7, 11) is -2.14. The summed E-state index contributed by atoms with van der Waals surface area (Å²) in [5, 5.41) is 11.9. The van der Waals surface area contributed by atoms with E-state index in [0.29, 0.717) is 35.2 Å². The van der Waals surface area contributed by atoms with Crippen LogP contribution in [0.25, 0.3) is 22.4 Å². The first-order chi connectivity index (χ1) is 16.7. The van der Waals surface area contributed by atoms with Gasteiger partial charge in [0, 0.05) is 25.6 Å². The standard InChI is InChI=1S/C25H29N3O6S/c1-15-6-8-17(9-7-15)23-22(24(31)26-2)19-13-18(16-10-11-16)20(28-25(19)34-23)14-35(32,33)27-12-4-3-5-21(29)30/h6-9,13,16,27H,3-5,10-12,14H2,1-2H3,(H,26,31)(H,29,30). The molecule has 0 spiro atoms. The normalized spacial score (nSPS) is 13.8. The number of carboxylic acids is 1. The minimum atomic E-state index is -3.69. The van der Waals surface area contributed by atoms with Crippen molar-refractivity contribution >= 4 is 33.0 Å². The number of pyridine rings is 1. The van der Waals surface area contributed by atoms with E-state index in [2.05, 4.69) is 15.0 Å². The number of aryl methyl sites for hydroxylation is 1. The highest BCUT2D eigenvalue weighted by atomic mass is 32.2. The second-order valence-corrected chi connectivity index (χ2v) is 10.7. The monoisotopic (exact) mass is 499 g/mol. The lowest BCUT2D eigenvalue weighted by atomic mass is 10.0. The number of hydrogen-bond acceptors (Lipinski definition) is 6. The van der Waals surface area contributed by atoms with Crippen LogP contribution in [0, 0.1) is 6.92 Å². The lowest BCUT2D eigenvalue weighted by Crippen LogP contribution is -2.27. The fraction of sp³-hybridized carbons (Fsp3) is 0.400. The fourth-order valence-electron chi connectivity index (χ4n) is 4.06.